The summed E-state index contributed by atoms with van der Waals surface area (Å²) in [6.07, 6.45) is -0.129. The number of amides is 2. The van der Waals surface area contributed by atoms with Gasteiger partial charge < -0.3 is 14.5 Å². The normalized spacial score (nSPS) is 14.4. The second-order valence-corrected chi connectivity index (χ2v) is 5.29. The molecule has 0 atom stereocenters. The van der Waals surface area contributed by atoms with E-state index in [-0.39, 0.29) is 18.2 Å². The van der Waals surface area contributed by atoms with E-state index < -0.39 is 0 Å². The van der Waals surface area contributed by atoms with Crippen LogP contribution < -0.4 is 4.74 Å². The van der Waals surface area contributed by atoms with Crippen LogP contribution in [0.5, 0.6) is 5.75 Å². The largest absolute Gasteiger partial charge is 0.496 e. The maximum atomic E-state index is 12.6. The fourth-order valence-corrected chi connectivity index (χ4v) is 2.53. The lowest BCUT2D eigenvalue weighted by Gasteiger charge is -2.34. The Labute approximate surface area is 133 Å². The van der Waals surface area contributed by atoms with Gasteiger partial charge >= 0.3 is 0 Å². The van der Waals surface area contributed by atoms with Crippen molar-refractivity contribution in [1.29, 1.82) is 5.26 Å². The topological polar surface area (TPSA) is 73.6 Å². The number of methoxy groups -OCH3 is 1. The van der Waals surface area contributed by atoms with Crippen molar-refractivity contribution in [3.05, 3.63) is 28.8 Å². The minimum Gasteiger partial charge on any atom is -0.496 e. The molecule has 1 aliphatic rings. The van der Waals surface area contributed by atoms with E-state index in [0.29, 0.717) is 42.5 Å². The van der Waals surface area contributed by atoms with E-state index in [4.69, 9.17) is 21.6 Å². The Balaban J connectivity index is 2.06. The van der Waals surface area contributed by atoms with Crippen molar-refractivity contribution < 1.29 is 14.3 Å². The highest BCUT2D eigenvalue weighted by molar-refractivity contribution is 6.31. The summed E-state index contributed by atoms with van der Waals surface area (Å²) in [5.74, 6) is 0.0963. The summed E-state index contributed by atoms with van der Waals surface area (Å²) in [5, 5.41) is 9.02. The van der Waals surface area contributed by atoms with Gasteiger partial charge in [-0.2, -0.15) is 5.26 Å². The van der Waals surface area contributed by atoms with Crippen LogP contribution in [0, 0.1) is 11.3 Å². The number of carbonyl (C=O) groups is 2. The highest BCUT2D eigenvalue weighted by Gasteiger charge is 2.26. The molecule has 0 spiro atoms. The third kappa shape index (κ3) is 3.49. The van der Waals surface area contributed by atoms with Crippen LogP contribution in [0.4, 0.5) is 0 Å². The predicted molar refractivity (Wildman–Crippen MR) is 80.7 cm³/mol. The first-order valence-electron chi connectivity index (χ1n) is 6.84. The highest BCUT2D eigenvalue weighted by atomic mass is 35.5. The van der Waals surface area contributed by atoms with Crippen LogP contribution in [0.25, 0.3) is 0 Å². The van der Waals surface area contributed by atoms with E-state index in [0.717, 1.165) is 0 Å². The Bertz CT molecular complexity index is 619. The summed E-state index contributed by atoms with van der Waals surface area (Å²) in [4.78, 5) is 27.5. The van der Waals surface area contributed by atoms with E-state index in [2.05, 4.69) is 0 Å². The third-order valence-electron chi connectivity index (χ3n) is 3.54. The third-order valence-corrected chi connectivity index (χ3v) is 3.78. The van der Waals surface area contributed by atoms with Crippen LogP contribution in [0.1, 0.15) is 16.8 Å². The minimum absolute atomic E-state index is 0.129. The second kappa shape index (κ2) is 7.14. The van der Waals surface area contributed by atoms with Crippen molar-refractivity contribution in [2.24, 2.45) is 0 Å². The molecule has 0 bridgehead atoms. The number of carbonyl (C=O) groups excluding carboxylic acids is 2. The van der Waals surface area contributed by atoms with Gasteiger partial charge in [-0.1, -0.05) is 11.6 Å². The van der Waals surface area contributed by atoms with Crippen molar-refractivity contribution in [2.75, 3.05) is 33.3 Å². The first-order chi connectivity index (χ1) is 10.6. The lowest BCUT2D eigenvalue weighted by atomic mass is 10.1. The molecule has 1 aliphatic heterocycles. The van der Waals surface area contributed by atoms with Crippen LogP contribution >= 0.6 is 11.6 Å². The number of ether oxygens (including phenoxy) is 1. The molecule has 7 heteroatoms. The molecule has 1 heterocycles. The lowest BCUT2D eigenvalue weighted by molar-refractivity contribution is -0.131. The molecule has 2 rings (SSSR count). The van der Waals surface area contributed by atoms with E-state index in [1.165, 1.54) is 7.11 Å². The summed E-state index contributed by atoms with van der Waals surface area (Å²) in [6, 6.07) is 6.74. The van der Waals surface area contributed by atoms with Gasteiger partial charge in [0.25, 0.3) is 5.91 Å². The van der Waals surface area contributed by atoms with E-state index in [9.17, 15) is 9.59 Å². The van der Waals surface area contributed by atoms with Gasteiger partial charge in [0.1, 0.15) is 12.2 Å². The zero-order chi connectivity index (χ0) is 16.1. The van der Waals surface area contributed by atoms with Gasteiger partial charge in [-0.05, 0) is 18.2 Å². The maximum absolute atomic E-state index is 12.6. The molecular weight excluding hydrogens is 306 g/mol. The number of nitriles is 1. The maximum Gasteiger partial charge on any atom is 0.257 e. The van der Waals surface area contributed by atoms with Gasteiger partial charge in [-0.15, -0.1) is 0 Å². The van der Waals surface area contributed by atoms with Crippen molar-refractivity contribution >= 4 is 23.4 Å². The molecule has 0 unspecified atom stereocenters. The smallest absolute Gasteiger partial charge is 0.257 e. The molecule has 22 heavy (non-hydrogen) atoms. The number of benzene rings is 1. The summed E-state index contributed by atoms with van der Waals surface area (Å²) in [5.41, 5.74) is 0.409. The quantitative estimate of drug-likeness (QED) is 0.846. The van der Waals surface area contributed by atoms with Crippen molar-refractivity contribution in [2.45, 2.75) is 6.42 Å². The molecule has 0 saturated carbocycles. The molecule has 1 aromatic carbocycles. The monoisotopic (exact) mass is 321 g/mol. The van der Waals surface area contributed by atoms with Gasteiger partial charge in [0, 0.05) is 31.2 Å². The Morgan fingerprint density at radius 1 is 1.27 bits per heavy atom. The summed E-state index contributed by atoms with van der Waals surface area (Å²) >= 11 is 5.95. The molecule has 6 nitrogen and oxygen atoms in total. The number of hydrogen-bond acceptors (Lipinski definition) is 4. The average Bonchev–Trinajstić information content (AvgIpc) is 2.54. The molecule has 0 aromatic heterocycles. The van der Waals surface area contributed by atoms with Crippen LogP contribution in [-0.4, -0.2) is 54.9 Å². The second-order valence-electron chi connectivity index (χ2n) is 4.85. The predicted octanol–water partition coefficient (Wildman–Crippen LogP) is 1.55. The summed E-state index contributed by atoms with van der Waals surface area (Å²) < 4.78 is 5.20. The zero-order valence-corrected chi connectivity index (χ0v) is 13.0. The van der Waals surface area contributed by atoms with Gasteiger partial charge in [0.05, 0.1) is 18.7 Å². The van der Waals surface area contributed by atoms with Crippen LogP contribution in [0.3, 0.4) is 0 Å². The number of hydrogen-bond donors (Lipinski definition) is 0. The Morgan fingerprint density at radius 2 is 1.91 bits per heavy atom. The van der Waals surface area contributed by atoms with E-state index >= 15 is 0 Å². The molecular formula is C15H16ClN3O3. The summed E-state index contributed by atoms with van der Waals surface area (Å²) in [6.45, 7) is 1.70. The van der Waals surface area contributed by atoms with Crippen LogP contribution in [-0.2, 0) is 4.79 Å². The fraction of sp³-hybridized carbons (Fsp3) is 0.400. The average molecular weight is 322 g/mol. The van der Waals surface area contributed by atoms with E-state index in [1.807, 2.05) is 6.07 Å². The molecule has 1 saturated heterocycles. The van der Waals surface area contributed by atoms with Crippen LogP contribution in [0.15, 0.2) is 18.2 Å². The number of rotatable bonds is 3. The SMILES string of the molecule is COc1ccc(Cl)cc1C(=O)N1CCN(C(=O)CC#N)CC1. The lowest BCUT2D eigenvalue weighted by Crippen LogP contribution is -2.50. The van der Waals surface area contributed by atoms with Gasteiger partial charge in [-0.3, -0.25) is 9.59 Å². The van der Waals surface area contributed by atoms with Gasteiger partial charge in [0.2, 0.25) is 5.91 Å². The molecule has 0 radical (unpaired) electrons. The Morgan fingerprint density at radius 3 is 2.50 bits per heavy atom. The van der Waals surface area contributed by atoms with Gasteiger partial charge in [0.15, 0.2) is 0 Å². The van der Waals surface area contributed by atoms with Crippen molar-refractivity contribution in [3.63, 3.8) is 0 Å². The van der Waals surface area contributed by atoms with Crippen molar-refractivity contribution in [1.82, 2.24) is 9.80 Å². The zero-order valence-electron chi connectivity index (χ0n) is 12.2. The molecule has 0 N–H and O–H groups in total. The Kier molecular flexibility index (Phi) is 5.23. The first-order valence-corrected chi connectivity index (χ1v) is 7.22. The number of nitrogens with zero attached hydrogens (tertiary/aromatic N) is 3. The van der Waals surface area contributed by atoms with Crippen LogP contribution in [0.2, 0.25) is 5.02 Å². The Hall–Kier alpha value is -2.26. The fourth-order valence-electron chi connectivity index (χ4n) is 2.36. The molecule has 1 fully saturated rings. The van der Waals surface area contributed by atoms with E-state index in [1.54, 1.807) is 28.0 Å². The molecule has 2 amide bonds. The highest BCUT2D eigenvalue weighted by Crippen LogP contribution is 2.24. The molecule has 116 valence electrons. The van der Waals surface area contributed by atoms with Crippen molar-refractivity contribution in [3.8, 4) is 11.8 Å². The summed E-state index contributed by atoms with van der Waals surface area (Å²) in [7, 11) is 1.50. The first kappa shape index (κ1) is 16.1. The van der Waals surface area contributed by atoms with Gasteiger partial charge in [-0.25, -0.2) is 0 Å². The molecule has 1 aromatic rings. The number of halogens is 1. The standard InChI is InChI=1S/C15H16ClN3O3/c1-22-13-3-2-11(16)10-12(13)15(21)19-8-6-18(7-9-19)14(20)4-5-17/h2-3,10H,4,6-9H2,1H3. The minimum atomic E-state index is -0.199. The molecule has 0 aliphatic carbocycles. The number of piperazine rings is 1.